The largest absolute Gasteiger partial charge is 0.197 e. The van der Waals surface area contributed by atoms with E-state index in [1.165, 1.54) is 18.5 Å². The lowest BCUT2D eigenvalue weighted by Crippen LogP contribution is -2.06. The maximum Gasteiger partial charge on any atom is 0.0856 e. The molecule has 2 aliphatic rings. The van der Waals surface area contributed by atoms with Crippen LogP contribution in [0, 0.1) is 17.8 Å². The van der Waals surface area contributed by atoms with Crippen molar-refractivity contribution >= 4 is 7.85 Å². The second-order valence-electron chi connectivity index (χ2n) is 6.21. The molecule has 4 heteroatoms. The van der Waals surface area contributed by atoms with Gasteiger partial charge in [0, 0.05) is 0 Å². The Balaban J connectivity index is 1.74. The van der Waals surface area contributed by atoms with Crippen LogP contribution in [0.15, 0.2) is 0 Å². The van der Waals surface area contributed by atoms with Gasteiger partial charge in [-0.2, -0.15) is 15.4 Å². The summed E-state index contributed by atoms with van der Waals surface area (Å²) in [7, 11) is 6.58. The molecule has 2 unspecified atom stereocenters. The second-order valence-corrected chi connectivity index (χ2v) is 6.21. The SMILES string of the molecule is [B]C12CCc3n[nH]nc3CCC1[C@@H]2CC(C)C. The number of rotatable bonds is 2. The zero-order chi connectivity index (χ0) is 12.0. The Hall–Kier alpha value is -0.795. The smallest absolute Gasteiger partial charge is 0.0856 e. The van der Waals surface area contributed by atoms with Crippen LogP contribution in [-0.2, 0) is 12.8 Å². The van der Waals surface area contributed by atoms with Gasteiger partial charge in [-0.05, 0) is 49.9 Å². The first-order valence-corrected chi connectivity index (χ1v) is 6.78. The van der Waals surface area contributed by atoms with E-state index in [4.69, 9.17) is 7.85 Å². The van der Waals surface area contributed by atoms with Crippen molar-refractivity contribution in [1.82, 2.24) is 15.4 Å². The van der Waals surface area contributed by atoms with Crippen LogP contribution >= 0.6 is 0 Å². The summed E-state index contributed by atoms with van der Waals surface area (Å²) in [5, 5.41) is 11.3. The van der Waals surface area contributed by atoms with E-state index in [0.717, 1.165) is 42.7 Å². The standard InChI is InChI=1S/C13H20BN3/c1-8(2)7-10-9-3-4-11-12(16-17-15-11)5-6-13(9,10)14/h8-10H,3-7H2,1-2H3,(H,15,16,17)/t9?,10-,13?/m0/s1. The van der Waals surface area contributed by atoms with Gasteiger partial charge in [-0.15, -0.1) is 0 Å². The second kappa shape index (κ2) is 3.86. The highest BCUT2D eigenvalue weighted by molar-refractivity contribution is 6.18. The van der Waals surface area contributed by atoms with Crippen LogP contribution in [0.1, 0.15) is 44.5 Å². The molecule has 90 valence electrons. The molecule has 0 amide bonds. The highest BCUT2D eigenvalue weighted by Crippen LogP contribution is 2.70. The van der Waals surface area contributed by atoms with Gasteiger partial charge in [0.15, 0.2) is 0 Å². The van der Waals surface area contributed by atoms with Gasteiger partial charge in [0.2, 0.25) is 0 Å². The summed E-state index contributed by atoms with van der Waals surface area (Å²) >= 11 is 0. The molecule has 2 radical (unpaired) electrons. The summed E-state index contributed by atoms with van der Waals surface area (Å²) in [6.07, 6.45) is 5.58. The number of aromatic nitrogens is 3. The minimum Gasteiger partial charge on any atom is -0.197 e. The van der Waals surface area contributed by atoms with Gasteiger partial charge in [-0.3, -0.25) is 0 Å². The lowest BCUT2D eigenvalue weighted by molar-refractivity contribution is 0.495. The number of nitrogens with zero attached hydrogens (tertiary/aromatic N) is 2. The van der Waals surface area contributed by atoms with Crippen molar-refractivity contribution in [2.75, 3.05) is 0 Å². The summed E-state index contributed by atoms with van der Waals surface area (Å²) in [6, 6.07) is 0. The van der Waals surface area contributed by atoms with E-state index in [1.807, 2.05) is 0 Å². The molecule has 1 heterocycles. The van der Waals surface area contributed by atoms with Crippen LogP contribution in [0.2, 0.25) is 5.31 Å². The molecule has 3 rings (SSSR count). The Bertz CT molecular complexity index is 415. The van der Waals surface area contributed by atoms with Crippen molar-refractivity contribution in [2.45, 2.75) is 51.3 Å². The fourth-order valence-corrected chi connectivity index (χ4v) is 3.66. The maximum absolute atomic E-state index is 6.58. The lowest BCUT2D eigenvalue weighted by atomic mass is 9.73. The van der Waals surface area contributed by atoms with E-state index < -0.39 is 0 Å². The molecule has 0 spiro atoms. The minimum absolute atomic E-state index is 0.0981. The number of nitrogens with one attached hydrogen (secondary N) is 1. The molecule has 0 saturated heterocycles. The van der Waals surface area contributed by atoms with E-state index in [9.17, 15) is 0 Å². The molecule has 1 saturated carbocycles. The molecule has 17 heavy (non-hydrogen) atoms. The van der Waals surface area contributed by atoms with E-state index in [1.54, 1.807) is 0 Å². The molecule has 1 aromatic heterocycles. The van der Waals surface area contributed by atoms with Crippen LogP contribution in [-0.4, -0.2) is 23.3 Å². The number of hydrogen-bond donors (Lipinski definition) is 1. The topological polar surface area (TPSA) is 41.6 Å². The molecule has 0 aliphatic heterocycles. The molecule has 0 bridgehead atoms. The zero-order valence-electron chi connectivity index (χ0n) is 10.7. The van der Waals surface area contributed by atoms with Gasteiger partial charge in [-0.1, -0.05) is 19.2 Å². The van der Waals surface area contributed by atoms with Crippen molar-refractivity contribution in [3.8, 4) is 0 Å². The van der Waals surface area contributed by atoms with E-state index in [0.29, 0.717) is 0 Å². The number of fused-ring (bicyclic) bond motifs is 2. The Morgan fingerprint density at radius 2 is 2.06 bits per heavy atom. The van der Waals surface area contributed by atoms with Gasteiger partial charge in [0.25, 0.3) is 0 Å². The molecular weight excluding hydrogens is 209 g/mol. The van der Waals surface area contributed by atoms with Crippen LogP contribution in [0.5, 0.6) is 0 Å². The summed E-state index contributed by atoms with van der Waals surface area (Å²) in [5.74, 6) is 2.20. The fourth-order valence-electron chi connectivity index (χ4n) is 3.66. The summed E-state index contributed by atoms with van der Waals surface area (Å²) in [4.78, 5) is 0. The van der Waals surface area contributed by atoms with Gasteiger partial charge in [0.1, 0.15) is 0 Å². The van der Waals surface area contributed by atoms with Crippen molar-refractivity contribution in [3.05, 3.63) is 11.4 Å². The molecule has 1 fully saturated rings. The molecule has 3 nitrogen and oxygen atoms in total. The summed E-state index contributed by atoms with van der Waals surface area (Å²) in [5.41, 5.74) is 2.31. The quantitative estimate of drug-likeness (QED) is 0.790. The highest BCUT2D eigenvalue weighted by Gasteiger charge is 2.58. The van der Waals surface area contributed by atoms with Crippen LogP contribution in [0.25, 0.3) is 0 Å². The van der Waals surface area contributed by atoms with Crippen molar-refractivity contribution in [1.29, 1.82) is 0 Å². The monoisotopic (exact) mass is 229 g/mol. The minimum atomic E-state index is 0.0981. The number of H-pyrrole nitrogens is 1. The predicted octanol–water partition coefficient (Wildman–Crippen LogP) is 2.30. The Morgan fingerprint density at radius 3 is 2.76 bits per heavy atom. The molecule has 1 N–H and O–H groups in total. The van der Waals surface area contributed by atoms with Crippen molar-refractivity contribution < 1.29 is 0 Å². The Kier molecular flexibility index (Phi) is 2.56. The Labute approximate surface area is 104 Å². The number of hydrogen-bond acceptors (Lipinski definition) is 2. The van der Waals surface area contributed by atoms with Gasteiger partial charge >= 0.3 is 0 Å². The third kappa shape index (κ3) is 1.82. The first-order valence-electron chi connectivity index (χ1n) is 6.78. The lowest BCUT2D eigenvalue weighted by Gasteiger charge is -2.14. The first-order chi connectivity index (χ1) is 8.11. The van der Waals surface area contributed by atoms with Crippen LogP contribution < -0.4 is 0 Å². The van der Waals surface area contributed by atoms with Crippen molar-refractivity contribution in [3.63, 3.8) is 0 Å². The van der Waals surface area contributed by atoms with E-state index in [-0.39, 0.29) is 5.31 Å². The molecule has 3 atom stereocenters. The normalized spacial score (nSPS) is 35.9. The third-order valence-electron chi connectivity index (χ3n) is 4.67. The zero-order valence-corrected chi connectivity index (χ0v) is 10.7. The molecule has 0 aromatic carbocycles. The maximum atomic E-state index is 6.58. The number of aryl methyl sites for hydroxylation is 2. The summed E-state index contributed by atoms with van der Waals surface area (Å²) < 4.78 is 0. The van der Waals surface area contributed by atoms with Crippen LogP contribution in [0.3, 0.4) is 0 Å². The molecule has 1 aromatic rings. The average molecular weight is 229 g/mol. The van der Waals surface area contributed by atoms with Crippen molar-refractivity contribution in [2.24, 2.45) is 17.8 Å². The third-order valence-corrected chi connectivity index (χ3v) is 4.67. The average Bonchev–Trinajstić information content (AvgIpc) is 2.61. The van der Waals surface area contributed by atoms with Gasteiger partial charge in [-0.25, -0.2) is 0 Å². The van der Waals surface area contributed by atoms with Gasteiger partial charge in [0.05, 0.1) is 19.2 Å². The van der Waals surface area contributed by atoms with E-state index in [2.05, 4.69) is 29.3 Å². The first kappa shape index (κ1) is 11.3. The molecule has 2 aliphatic carbocycles. The van der Waals surface area contributed by atoms with Crippen LogP contribution in [0.4, 0.5) is 0 Å². The van der Waals surface area contributed by atoms with Gasteiger partial charge < -0.3 is 0 Å². The molecular formula is C13H20BN3. The highest BCUT2D eigenvalue weighted by atomic mass is 15.3. The fraction of sp³-hybridized carbons (Fsp3) is 0.846. The predicted molar refractivity (Wildman–Crippen MR) is 67.9 cm³/mol. The van der Waals surface area contributed by atoms with E-state index >= 15 is 0 Å². The summed E-state index contributed by atoms with van der Waals surface area (Å²) in [6.45, 7) is 4.59. The Morgan fingerprint density at radius 1 is 1.35 bits per heavy atom. The number of aromatic amines is 1.